The van der Waals surface area contributed by atoms with Gasteiger partial charge >= 0.3 is 5.97 Å². The Kier molecular flexibility index (Phi) is 3.66. The van der Waals surface area contributed by atoms with E-state index in [2.05, 4.69) is 4.74 Å². The van der Waals surface area contributed by atoms with Gasteiger partial charge in [0.2, 0.25) is 0 Å². The van der Waals surface area contributed by atoms with Crippen molar-refractivity contribution in [2.24, 2.45) is 0 Å². The van der Waals surface area contributed by atoms with Crippen LogP contribution in [0.5, 0.6) is 5.75 Å². The summed E-state index contributed by atoms with van der Waals surface area (Å²) in [6, 6.07) is 4.06. The van der Waals surface area contributed by atoms with E-state index in [4.69, 9.17) is 4.74 Å². The third kappa shape index (κ3) is 2.46. The molecule has 0 aliphatic rings. The van der Waals surface area contributed by atoms with Crippen molar-refractivity contribution in [1.29, 1.82) is 0 Å². The van der Waals surface area contributed by atoms with Gasteiger partial charge in [0.05, 0.1) is 20.1 Å². The van der Waals surface area contributed by atoms with Crippen molar-refractivity contribution < 1.29 is 18.7 Å². The van der Waals surface area contributed by atoms with Crippen LogP contribution >= 0.6 is 0 Å². The molecule has 4 heteroatoms. The lowest BCUT2D eigenvalue weighted by atomic mass is 10.0. The molecule has 1 aromatic rings. The summed E-state index contributed by atoms with van der Waals surface area (Å²) in [4.78, 5) is 11.3. The van der Waals surface area contributed by atoms with Crippen LogP contribution in [0.1, 0.15) is 18.4 Å². The minimum Gasteiger partial charge on any atom is -0.496 e. The first-order valence-electron chi connectivity index (χ1n) is 4.51. The minimum atomic E-state index is -0.467. The third-order valence-corrected chi connectivity index (χ3v) is 2.22. The lowest BCUT2D eigenvalue weighted by Gasteiger charge is -2.13. The molecule has 0 heterocycles. The van der Waals surface area contributed by atoms with Crippen molar-refractivity contribution in [3.63, 3.8) is 0 Å². The van der Waals surface area contributed by atoms with Gasteiger partial charge in [-0.25, -0.2) is 4.39 Å². The van der Waals surface area contributed by atoms with Crippen LogP contribution in [0.2, 0.25) is 0 Å². The standard InChI is InChI=1S/C11H13FO3/c1-7(11(13)15-3)9-5-4-8(12)6-10(9)14-2/h4-7H,1-3H3. The molecule has 1 atom stereocenters. The van der Waals surface area contributed by atoms with Crippen LogP contribution in [-0.4, -0.2) is 20.2 Å². The number of hydrogen-bond acceptors (Lipinski definition) is 3. The summed E-state index contributed by atoms with van der Waals surface area (Å²) in [6.45, 7) is 1.68. The molecule has 3 nitrogen and oxygen atoms in total. The summed E-state index contributed by atoms with van der Waals surface area (Å²) >= 11 is 0. The Balaban J connectivity index is 3.07. The molecule has 0 saturated carbocycles. The first-order valence-corrected chi connectivity index (χ1v) is 4.51. The zero-order chi connectivity index (χ0) is 11.4. The van der Waals surface area contributed by atoms with Crippen molar-refractivity contribution in [2.45, 2.75) is 12.8 Å². The normalized spacial score (nSPS) is 12.0. The molecule has 0 aliphatic heterocycles. The zero-order valence-electron chi connectivity index (χ0n) is 8.91. The third-order valence-electron chi connectivity index (χ3n) is 2.22. The molecular formula is C11H13FO3. The Bertz CT molecular complexity index is 363. The second-order valence-corrected chi connectivity index (χ2v) is 3.13. The molecule has 0 spiro atoms. The summed E-state index contributed by atoms with van der Waals surface area (Å²) in [5, 5.41) is 0. The maximum atomic E-state index is 12.9. The molecule has 15 heavy (non-hydrogen) atoms. The molecule has 0 N–H and O–H groups in total. The van der Waals surface area contributed by atoms with E-state index in [0.717, 1.165) is 0 Å². The summed E-state index contributed by atoms with van der Waals surface area (Å²) in [6.07, 6.45) is 0. The lowest BCUT2D eigenvalue weighted by molar-refractivity contribution is -0.142. The van der Waals surface area contributed by atoms with E-state index in [1.54, 1.807) is 6.92 Å². The van der Waals surface area contributed by atoms with Crippen LogP contribution in [-0.2, 0) is 9.53 Å². The van der Waals surface area contributed by atoms with E-state index in [0.29, 0.717) is 11.3 Å². The highest BCUT2D eigenvalue weighted by Gasteiger charge is 2.19. The minimum absolute atomic E-state index is 0.355. The van der Waals surface area contributed by atoms with Crippen LogP contribution in [0.3, 0.4) is 0 Å². The number of ether oxygens (including phenoxy) is 2. The number of carbonyl (C=O) groups excluding carboxylic acids is 1. The van der Waals surface area contributed by atoms with Gasteiger partial charge in [-0.1, -0.05) is 6.07 Å². The Morgan fingerprint density at radius 1 is 1.40 bits per heavy atom. The molecule has 0 radical (unpaired) electrons. The molecule has 1 rings (SSSR count). The fraction of sp³-hybridized carbons (Fsp3) is 0.364. The Morgan fingerprint density at radius 2 is 2.07 bits per heavy atom. The molecule has 0 amide bonds. The maximum Gasteiger partial charge on any atom is 0.312 e. The fourth-order valence-electron chi connectivity index (χ4n) is 1.35. The van der Waals surface area contributed by atoms with E-state index >= 15 is 0 Å². The van der Waals surface area contributed by atoms with E-state index < -0.39 is 11.7 Å². The molecule has 0 fully saturated rings. The van der Waals surface area contributed by atoms with Gasteiger partial charge in [-0.05, 0) is 13.0 Å². The SMILES string of the molecule is COC(=O)C(C)c1ccc(F)cc1OC. The van der Waals surface area contributed by atoms with Gasteiger partial charge in [0.1, 0.15) is 11.6 Å². The molecule has 0 saturated heterocycles. The van der Waals surface area contributed by atoms with Gasteiger partial charge in [0.25, 0.3) is 0 Å². The average Bonchev–Trinajstić information content (AvgIpc) is 2.26. The summed E-state index contributed by atoms with van der Waals surface area (Å²) in [7, 11) is 2.75. The van der Waals surface area contributed by atoms with Crippen molar-refractivity contribution in [2.75, 3.05) is 14.2 Å². The average molecular weight is 212 g/mol. The largest absolute Gasteiger partial charge is 0.496 e. The lowest BCUT2D eigenvalue weighted by Crippen LogP contribution is -2.11. The number of benzene rings is 1. The number of hydrogen-bond donors (Lipinski definition) is 0. The van der Waals surface area contributed by atoms with Gasteiger partial charge < -0.3 is 9.47 Å². The van der Waals surface area contributed by atoms with Crippen LogP contribution in [0.25, 0.3) is 0 Å². The second-order valence-electron chi connectivity index (χ2n) is 3.13. The highest BCUT2D eigenvalue weighted by molar-refractivity contribution is 5.78. The van der Waals surface area contributed by atoms with Gasteiger partial charge in [-0.2, -0.15) is 0 Å². The molecule has 1 aromatic carbocycles. The van der Waals surface area contributed by atoms with Crippen LogP contribution in [0.4, 0.5) is 4.39 Å². The summed E-state index contributed by atoms with van der Waals surface area (Å²) in [5.41, 5.74) is 0.616. The van der Waals surface area contributed by atoms with E-state index in [1.807, 2.05) is 0 Å². The number of carbonyl (C=O) groups is 1. The zero-order valence-corrected chi connectivity index (χ0v) is 8.91. The first-order chi connectivity index (χ1) is 7.10. The monoisotopic (exact) mass is 212 g/mol. The van der Waals surface area contributed by atoms with Crippen molar-refractivity contribution >= 4 is 5.97 Å². The smallest absolute Gasteiger partial charge is 0.312 e. The highest BCUT2D eigenvalue weighted by Crippen LogP contribution is 2.27. The number of methoxy groups -OCH3 is 2. The van der Waals surface area contributed by atoms with Crippen LogP contribution < -0.4 is 4.74 Å². The maximum absolute atomic E-state index is 12.9. The predicted octanol–water partition coefficient (Wildman–Crippen LogP) is 2.11. The molecule has 0 bridgehead atoms. The summed E-state index contributed by atoms with van der Waals surface area (Å²) in [5.74, 6) is -0.883. The van der Waals surface area contributed by atoms with Crippen LogP contribution in [0.15, 0.2) is 18.2 Å². The number of halogens is 1. The van der Waals surface area contributed by atoms with E-state index in [9.17, 15) is 9.18 Å². The summed E-state index contributed by atoms with van der Waals surface area (Å²) < 4.78 is 22.5. The van der Waals surface area contributed by atoms with E-state index in [1.165, 1.54) is 32.4 Å². The molecular weight excluding hydrogens is 199 g/mol. The number of rotatable bonds is 3. The van der Waals surface area contributed by atoms with Gasteiger partial charge in [0.15, 0.2) is 0 Å². The van der Waals surface area contributed by atoms with E-state index in [-0.39, 0.29) is 5.97 Å². The van der Waals surface area contributed by atoms with Gasteiger partial charge in [0, 0.05) is 11.6 Å². The topological polar surface area (TPSA) is 35.5 Å². The molecule has 0 aliphatic carbocycles. The van der Waals surface area contributed by atoms with Crippen molar-refractivity contribution in [1.82, 2.24) is 0 Å². The highest BCUT2D eigenvalue weighted by atomic mass is 19.1. The van der Waals surface area contributed by atoms with Gasteiger partial charge in [-0.15, -0.1) is 0 Å². The van der Waals surface area contributed by atoms with Crippen molar-refractivity contribution in [3.05, 3.63) is 29.6 Å². The quantitative estimate of drug-likeness (QED) is 0.720. The number of esters is 1. The predicted molar refractivity (Wildman–Crippen MR) is 53.4 cm³/mol. The Labute approximate surface area is 87.8 Å². The Hall–Kier alpha value is -1.58. The first kappa shape index (κ1) is 11.5. The van der Waals surface area contributed by atoms with Gasteiger partial charge in [-0.3, -0.25) is 4.79 Å². The van der Waals surface area contributed by atoms with Crippen molar-refractivity contribution in [3.8, 4) is 5.75 Å². The molecule has 0 aromatic heterocycles. The molecule has 82 valence electrons. The second kappa shape index (κ2) is 4.77. The molecule has 1 unspecified atom stereocenters. The Morgan fingerprint density at radius 3 is 2.60 bits per heavy atom. The fourth-order valence-corrected chi connectivity index (χ4v) is 1.35. The van der Waals surface area contributed by atoms with Crippen LogP contribution in [0, 0.1) is 5.82 Å².